The summed E-state index contributed by atoms with van der Waals surface area (Å²) < 4.78 is 1.78. The molecular formula is C19H23N5O. The summed E-state index contributed by atoms with van der Waals surface area (Å²) in [5.41, 5.74) is 3.19. The molecule has 1 atom stereocenters. The van der Waals surface area contributed by atoms with E-state index in [0.29, 0.717) is 24.6 Å². The number of anilines is 1. The third-order valence-corrected chi connectivity index (χ3v) is 4.16. The van der Waals surface area contributed by atoms with E-state index in [2.05, 4.69) is 32.7 Å². The molecular weight excluding hydrogens is 314 g/mol. The largest absolute Gasteiger partial charge is 0.396 e. The number of nitrogens with one attached hydrogen (secondary N) is 1. The van der Waals surface area contributed by atoms with Gasteiger partial charge in [0.05, 0.1) is 5.69 Å². The van der Waals surface area contributed by atoms with Gasteiger partial charge in [0, 0.05) is 24.8 Å². The third kappa shape index (κ3) is 4.22. The Bertz CT molecular complexity index is 798. The van der Waals surface area contributed by atoms with Gasteiger partial charge in [0.2, 0.25) is 0 Å². The second kappa shape index (κ2) is 7.90. The predicted molar refractivity (Wildman–Crippen MR) is 98.0 cm³/mol. The molecule has 0 aliphatic heterocycles. The van der Waals surface area contributed by atoms with Gasteiger partial charge in [0.25, 0.3) is 0 Å². The average Bonchev–Trinajstić information content (AvgIpc) is 2.98. The first-order valence-corrected chi connectivity index (χ1v) is 8.44. The SMILES string of the molecule is Cc1cc(C)n(-c2ccc(NCC(CCO)c3ccccc3)nn2)n1. The summed E-state index contributed by atoms with van der Waals surface area (Å²) in [6, 6.07) is 16.0. The highest BCUT2D eigenvalue weighted by molar-refractivity contribution is 5.37. The summed E-state index contributed by atoms with van der Waals surface area (Å²) in [6.07, 6.45) is 0.703. The summed E-state index contributed by atoms with van der Waals surface area (Å²) >= 11 is 0. The second-order valence-electron chi connectivity index (χ2n) is 6.12. The molecule has 25 heavy (non-hydrogen) atoms. The standard InChI is InChI=1S/C19H23N5O/c1-14-12-15(2)24(23-14)19-9-8-18(21-22-19)20-13-17(10-11-25)16-6-4-3-5-7-16/h3-9,12,17,25H,10-11,13H2,1-2H3,(H,20,21). The Hall–Kier alpha value is -2.73. The average molecular weight is 337 g/mol. The van der Waals surface area contributed by atoms with Gasteiger partial charge in [-0.25, -0.2) is 4.68 Å². The van der Waals surface area contributed by atoms with Gasteiger partial charge >= 0.3 is 0 Å². The Morgan fingerprint density at radius 1 is 1.08 bits per heavy atom. The first-order chi connectivity index (χ1) is 12.2. The van der Waals surface area contributed by atoms with Crippen LogP contribution in [-0.4, -0.2) is 38.2 Å². The molecule has 0 saturated carbocycles. The third-order valence-electron chi connectivity index (χ3n) is 4.16. The van der Waals surface area contributed by atoms with Crippen LogP contribution in [0.5, 0.6) is 0 Å². The van der Waals surface area contributed by atoms with Crippen molar-refractivity contribution in [3.63, 3.8) is 0 Å². The fourth-order valence-electron chi connectivity index (χ4n) is 2.89. The van der Waals surface area contributed by atoms with Gasteiger partial charge in [0.15, 0.2) is 5.82 Å². The number of aliphatic hydroxyl groups excluding tert-OH is 1. The highest BCUT2D eigenvalue weighted by Crippen LogP contribution is 2.20. The smallest absolute Gasteiger partial charge is 0.176 e. The van der Waals surface area contributed by atoms with E-state index in [4.69, 9.17) is 0 Å². The maximum Gasteiger partial charge on any atom is 0.176 e. The van der Waals surface area contributed by atoms with Crippen LogP contribution in [0, 0.1) is 13.8 Å². The minimum absolute atomic E-state index is 0.157. The van der Waals surface area contributed by atoms with Gasteiger partial charge in [-0.15, -0.1) is 10.2 Å². The van der Waals surface area contributed by atoms with E-state index in [1.807, 2.05) is 50.2 Å². The topological polar surface area (TPSA) is 75.9 Å². The molecule has 0 bridgehead atoms. The van der Waals surface area contributed by atoms with E-state index in [1.165, 1.54) is 5.56 Å². The fraction of sp³-hybridized carbons (Fsp3) is 0.316. The molecule has 0 spiro atoms. The van der Waals surface area contributed by atoms with Crippen molar-refractivity contribution < 1.29 is 5.11 Å². The summed E-state index contributed by atoms with van der Waals surface area (Å²) in [6.45, 7) is 4.80. The van der Waals surface area contributed by atoms with Gasteiger partial charge in [-0.05, 0) is 44.0 Å². The first kappa shape index (κ1) is 17.1. The van der Waals surface area contributed by atoms with Gasteiger partial charge in [-0.2, -0.15) is 5.10 Å². The van der Waals surface area contributed by atoms with Crippen molar-refractivity contribution >= 4 is 5.82 Å². The van der Waals surface area contributed by atoms with E-state index in [-0.39, 0.29) is 12.5 Å². The Morgan fingerprint density at radius 2 is 1.88 bits per heavy atom. The molecule has 3 aromatic rings. The van der Waals surface area contributed by atoms with Crippen LogP contribution >= 0.6 is 0 Å². The van der Waals surface area contributed by atoms with Crippen molar-refractivity contribution in [3.05, 3.63) is 65.5 Å². The number of hydrogen-bond donors (Lipinski definition) is 2. The predicted octanol–water partition coefficient (Wildman–Crippen LogP) is 2.86. The van der Waals surface area contributed by atoms with E-state index in [1.54, 1.807) is 4.68 Å². The zero-order valence-electron chi connectivity index (χ0n) is 14.6. The molecule has 6 heteroatoms. The van der Waals surface area contributed by atoms with Crippen LogP contribution in [0.25, 0.3) is 5.82 Å². The molecule has 0 fully saturated rings. The Labute approximate surface area is 147 Å². The van der Waals surface area contributed by atoms with Crippen LogP contribution < -0.4 is 5.32 Å². The number of aliphatic hydroxyl groups is 1. The summed E-state index contributed by atoms with van der Waals surface area (Å²) in [5, 5.41) is 25.6. The monoisotopic (exact) mass is 337 g/mol. The van der Waals surface area contributed by atoms with Crippen molar-refractivity contribution in [2.24, 2.45) is 0 Å². The number of benzene rings is 1. The Morgan fingerprint density at radius 3 is 2.48 bits per heavy atom. The zero-order chi connectivity index (χ0) is 17.6. The molecule has 0 aliphatic carbocycles. The molecule has 2 N–H and O–H groups in total. The van der Waals surface area contributed by atoms with E-state index in [0.717, 1.165) is 11.4 Å². The van der Waals surface area contributed by atoms with Crippen molar-refractivity contribution in [1.29, 1.82) is 0 Å². The van der Waals surface area contributed by atoms with Crippen LogP contribution in [0.2, 0.25) is 0 Å². The van der Waals surface area contributed by atoms with Crippen molar-refractivity contribution in [2.45, 2.75) is 26.2 Å². The maximum absolute atomic E-state index is 9.32. The van der Waals surface area contributed by atoms with Gasteiger partial charge in [-0.1, -0.05) is 30.3 Å². The maximum atomic E-state index is 9.32. The Balaban J connectivity index is 1.67. The molecule has 6 nitrogen and oxygen atoms in total. The summed E-state index contributed by atoms with van der Waals surface area (Å²) in [5.74, 6) is 1.64. The van der Waals surface area contributed by atoms with Gasteiger partial charge in [0.1, 0.15) is 5.82 Å². The van der Waals surface area contributed by atoms with E-state index < -0.39 is 0 Å². The lowest BCUT2D eigenvalue weighted by molar-refractivity contribution is 0.277. The van der Waals surface area contributed by atoms with Crippen LogP contribution in [-0.2, 0) is 0 Å². The lowest BCUT2D eigenvalue weighted by atomic mass is 9.96. The van der Waals surface area contributed by atoms with Crippen LogP contribution in [0.4, 0.5) is 5.82 Å². The van der Waals surface area contributed by atoms with E-state index in [9.17, 15) is 5.11 Å². The highest BCUT2D eigenvalue weighted by atomic mass is 16.3. The van der Waals surface area contributed by atoms with Gasteiger partial charge < -0.3 is 10.4 Å². The molecule has 2 aromatic heterocycles. The van der Waals surface area contributed by atoms with Gasteiger partial charge in [-0.3, -0.25) is 0 Å². The van der Waals surface area contributed by atoms with Crippen molar-refractivity contribution in [3.8, 4) is 5.82 Å². The minimum Gasteiger partial charge on any atom is -0.396 e. The van der Waals surface area contributed by atoms with Crippen molar-refractivity contribution in [2.75, 3.05) is 18.5 Å². The fourth-order valence-corrected chi connectivity index (χ4v) is 2.89. The minimum atomic E-state index is 0.157. The number of rotatable bonds is 7. The summed E-state index contributed by atoms with van der Waals surface area (Å²) in [7, 11) is 0. The van der Waals surface area contributed by atoms with Crippen LogP contribution in [0.1, 0.15) is 29.3 Å². The molecule has 130 valence electrons. The quantitative estimate of drug-likeness (QED) is 0.693. The molecule has 0 aliphatic rings. The Kier molecular flexibility index (Phi) is 5.40. The number of aryl methyl sites for hydroxylation is 2. The summed E-state index contributed by atoms with van der Waals surface area (Å²) in [4.78, 5) is 0. The zero-order valence-corrected chi connectivity index (χ0v) is 14.6. The molecule has 1 aromatic carbocycles. The van der Waals surface area contributed by atoms with E-state index >= 15 is 0 Å². The van der Waals surface area contributed by atoms with Crippen molar-refractivity contribution in [1.82, 2.24) is 20.0 Å². The molecule has 3 rings (SSSR count). The first-order valence-electron chi connectivity index (χ1n) is 8.44. The highest BCUT2D eigenvalue weighted by Gasteiger charge is 2.11. The van der Waals surface area contributed by atoms with Crippen LogP contribution in [0.3, 0.4) is 0 Å². The molecule has 0 saturated heterocycles. The lowest BCUT2D eigenvalue weighted by Gasteiger charge is -2.17. The van der Waals surface area contributed by atoms with Crippen LogP contribution in [0.15, 0.2) is 48.5 Å². The normalized spacial score (nSPS) is 12.1. The second-order valence-corrected chi connectivity index (χ2v) is 6.12. The number of aromatic nitrogens is 4. The number of nitrogens with zero attached hydrogens (tertiary/aromatic N) is 4. The molecule has 0 amide bonds. The molecule has 1 unspecified atom stereocenters. The molecule has 2 heterocycles. The number of hydrogen-bond acceptors (Lipinski definition) is 5. The lowest BCUT2D eigenvalue weighted by Crippen LogP contribution is -2.15. The molecule has 0 radical (unpaired) electrons.